The molecule has 0 aromatic carbocycles. The van der Waals surface area contributed by atoms with Crippen LogP contribution in [-0.4, -0.2) is 25.8 Å². The van der Waals surface area contributed by atoms with Gasteiger partial charge >= 0.3 is 5.97 Å². The fourth-order valence-corrected chi connectivity index (χ4v) is 1.40. The number of aryl methyl sites for hydroxylation is 1. The van der Waals surface area contributed by atoms with Crippen molar-refractivity contribution in [1.82, 2.24) is 14.8 Å². The van der Waals surface area contributed by atoms with E-state index in [9.17, 15) is 4.79 Å². The number of carboxylic acids is 1. The van der Waals surface area contributed by atoms with Crippen LogP contribution in [0.5, 0.6) is 0 Å². The maximum atomic E-state index is 11.0. The number of pyridine rings is 1. The molecule has 0 saturated heterocycles. The summed E-state index contributed by atoms with van der Waals surface area (Å²) in [6.45, 7) is 2.01. The average Bonchev–Trinajstić information content (AvgIpc) is 2.77. The van der Waals surface area contributed by atoms with Crippen molar-refractivity contribution in [2.45, 2.75) is 13.3 Å². The minimum absolute atomic E-state index is 0.147. The Bertz CT molecular complexity index is 519. The monoisotopic (exact) mass is 217 g/mol. The van der Waals surface area contributed by atoms with Crippen molar-refractivity contribution in [3.63, 3.8) is 0 Å². The number of aromatic carboxylic acids is 1. The van der Waals surface area contributed by atoms with E-state index in [4.69, 9.17) is 5.11 Å². The third-order valence-corrected chi connectivity index (χ3v) is 2.28. The molecule has 0 aliphatic carbocycles. The Hall–Kier alpha value is -2.17. The molecule has 82 valence electrons. The molecule has 0 unspecified atom stereocenters. The second-order valence-corrected chi connectivity index (χ2v) is 3.33. The van der Waals surface area contributed by atoms with Crippen LogP contribution >= 0.6 is 0 Å². The first-order valence-corrected chi connectivity index (χ1v) is 4.94. The molecule has 0 spiro atoms. The molecule has 1 N–H and O–H groups in total. The van der Waals surface area contributed by atoms with Gasteiger partial charge in [0.15, 0.2) is 5.82 Å². The molecular weight excluding hydrogens is 206 g/mol. The van der Waals surface area contributed by atoms with Gasteiger partial charge in [-0.05, 0) is 24.1 Å². The van der Waals surface area contributed by atoms with Crippen LogP contribution in [0.2, 0.25) is 0 Å². The van der Waals surface area contributed by atoms with Crippen molar-refractivity contribution < 1.29 is 9.90 Å². The van der Waals surface area contributed by atoms with Gasteiger partial charge in [0.1, 0.15) is 5.56 Å². The van der Waals surface area contributed by atoms with Crippen molar-refractivity contribution in [3.8, 4) is 5.82 Å². The maximum Gasteiger partial charge on any atom is 0.339 e. The highest BCUT2D eigenvalue weighted by atomic mass is 16.4. The quantitative estimate of drug-likeness (QED) is 0.846. The Balaban J connectivity index is 2.50. The van der Waals surface area contributed by atoms with E-state index in [0.717, 1.165) is 12.0 Å². The minimum atomic E-state index is -1.00. The van der Waals surface area contributed by atoms with Gasteiger partial charge in [0.05, 0.1) is 6.20 Å². The summed E-state index contributed by atoms with van der Waals surface area (Å²) in [4.78, 5) is 15.0. The molecule has 0 aliphatic rings. The summed E-state index contributed by atoms with van der Waals surface area (Å²) in [7, 11) is 0. The van der Waals surface area contributed by atoms with Gasteiger partial charge in [0, 0.05) is 12.4 Å². The highest BCUT2D eigenvalue weighted by Crippen LogP contribution is 2.11. The lowest BCUT2D eigenvalue weighted by atomic mass is 10.2. The van der Waals surface area contributed by atoms with E-state index in [-0.39, 0.29) is 5.56 Å². The summed E-state index contributed by atoms with van der Waals surface area (Å²) in [6.07, 6.45) is 5.90. The summed E-state index contributed by atoms with van der Waals surface area (Å²) >= 11 is 0. The van der Waals surface area contributed by atoms with Crippen LogP contribution in [0.25, 0.3) is 5.82 Å². The topological polar surface area (TPSA) is 68.0 Å². The van der Waals surface area contributed by atoms with Crippen LogP contribution in [0.1, 0.15) is 22.8 Å². The van der Waals surface area contributed by atoms with Crippen molar-refractivity contribution in [2.75, 3.05) is 0 Å². The van der Waals surface area contributed by atoms with E-state index in [0.29, 0.717) is 5.82 Å². The van der Waals surface area contributed by atoms with E-state index < -0.39 is 5.97 Å². The first-order chi connectivity index (χ1) is 7.72. The smallest absolute Gasteiger partial charge is 0.339 e. The first kappa shape index (κ1) is 10.4. The van der Waals surface area contributed by atoms with Gasteiger partial charge in [0.2, 0.25) is 0 Å². The molecular formula is C11H11N3O2. The zero-order valence-corrected chi connectivity index (χ0v) is 8.79. The summed E-state index contributed by atoms with van der Waals surface area (Å²) in [5.41, 5.74) is 1.19. The number of nitrogens with zero attached hydrogens (tertiary/aromatic N) is 3. The molecule has 5 heteroatoms. The van der Waals surface area contributed by atoms with Gasteiger partial charge in [-0.3, -0.25) is 0 Å². The molecule has 0 aliphatic heterocycles. The van der Waals surface area contributed by atoms with E-state index >= 15 is 0 Å². The first-order valence-electron chi connectivity index (χ1n) is 4.94. The van der Waals surface area contributed by atoms with Crippen molar-refractivity contribution >= 4 is 5.97 Å². The van der Waals surface area contributed by atoms with Crippen LogP contribution in [0, 0.1) is 0 Å². The second-order valence-electron chi connectivity index (χ2n) is 3.33. The van der Waals surface area contributed by atoms with Crippen molar-refractivity contribution in [1.29, 1.82) is 0 Å². The van der Waals surface area contributed by atoms with Gasteiger partial charge in [-0.2, -0.15) is 5.10 Å². The fraction of sp³-hybridized carbons (Fsp3) is 0.182. The molecule has 16 heavy (non-hydrogen) atoms. The molecule has 2 aromatic heterocycles. The number of hydrogen-bond donors (Lipinski definition) is 1. The molecule has 0 radical (unpaired) electrons. The fourth-order valence-electron chi connectivity index (χ4n) is 1.40. The molecule has 2 aromatic rings. The zero-order valence-electron chi connectivity index (χ0n) is 8.79. The maximum absolute atomic E-state index is 11.0. The number of carboxylic acid groups (broad SMARTS) is 1. The predicted octanol–water partition coefficient (Wildman–Crippen LogP) is 1.53. The Morgan fingerprint density at radius 3 is 3.00 bits per heavy atom. The van der Waals surface area contributed by atoms with Crippen LogP contribution in [0.3, 0.4) is 0 Å². The largest absolute Gasteiger partial charge is 0.478 e. The lowest BCUT2D eigenvalue weighted by molar-refractivity contribution is 0.0696. The van der Waals surface area contributed by atoms with Crippen LogP contribution in [0.15, 0.2) is 30.7 Å². The van der Waals surface area contributed by atoms with Gasteiger partial charge in [-0.25, -0.2) is 14.5 Å². The van der Waals surface area contributed by atoms with Crippen LogP contribution < -0.4 is 0 Å². The highest BCUT2D eigenvalue weighted by Gasteiger charge is 2.12. The summed E-state index contributed by atoms with van der Waals surface area (Å²) in [5.74, 6) is -0.661. The molecule has 2 heterocycles. The number of hydrogen-bond acceptors (Lipinski definition) is 3. The Kier molecular flexibility index (Phi) is 2.68. The molecule has 0 fully saturated rings. The summed E-state index contributed by atoms with van der Waals surface area (Å²) < 4.78 is 1.49. The molecule has 0 saturated carbocycles. The highest BCUT2D eigenvalue weighted by molar-refractivity contribution is 5.90. The summed E-state index contributed by atoms with van der Waals surface area (Å²) in [6, 6.07) is 3.11. The van der Waals surface area contributed by atoms with Gasteiger partial charge in [-0.1, -0.05) is 6.92 Å². The van der Waals surface area contributed by atoms with Gasteiger partial charge in [0.25, 0.3) is 0 Å². The van der Waals surface area contributed by atoms with E-state index in [1.165, 1.54) is 10.7 Å². The molecule has 5 nitrogen and oxygen atoms in total. The van der Waals surface area contributed by atoms with Crippen LogP contribution in [0.4, 0.5) is 0 Å². The standard InChI is InChI=1S/C11H11N3O2/c1-2-8-6-13-14(7-8)10-9(11(15)16)4-3-5-12-10/h3-7H,2H2,1H3,(H,15,16). The van der Waals surface area contributed by atoms with E-state index in [1.807, 2.05) is 6.92 Å². The van der Waals surface area contributed by atoms with Gasteiger partial charge < -0.3 is 5.11 Å². The SMILES string of the molecule is CCc1cnn(-c2ncccc2C(=O)O)c1. The lowest BCUT2D eigenvalue weighted by Crippen LogP contribution is -2.07. The molecule has 2 rings (SSSR count). The normalized spacial score (nSPS) is 10.3. The number of rotatable bonds is 3. The third-order valence-electron chi connectivity index (χ3n) is 2.28. The molecule has 0 amide bonds. The van der Waals surface area contributed by atoms with Crippen molar-refractivity contribution in [2.24, 2.45) is 0 Å². The van der Waals surface area contributed by atoms with E-state index in [2.05, 4.69) is 10.1 Å². The average molecular weight is 217 g/mol. The minimum Gasteiger partial charge on any atom is -0.478 e. The molecule has 0 bridgehead atoms. The van der Waals surface area contributed by atoms with E-state index in [1.54, 1.807) is 24.7 Å². The van der Waals surface area contributed by atoms with Gasteiger partial charge in [-0.15, -0.1) is 0 Å². The predicted molar refractivity (Wildman–Crippen MR) is 57.7 cm³/mol. The van der Waals surface area contributed by atoms with Crippen molar-refractivity contribution in [3.05, 3.63) is 41.9 Å². The number of carbonyl (C=O) groups is 1. The number of aromatic nitrogens is 3. The molecule has 0 atom stereocenters. The lowest BCUT2D eigenvalue weighted by Gasteiger charge is -2.03. The zero-order chi connectivity index (χ0) is 11.5. The third kappa shape index (κ3) is 1.79. The summed E-state index contributed by atoms with van der Waals surface area (Å²) in [5, 5.41) is 13.1. The second kappa shape index (κ2) is 4.14. The Morgan fingerprint density at radius 1 is 1.56 bits per heavy atom. The van der Waals surface area contributed by atoms with Crippen LogP contribution in [-0.2, 0) is 6.42 Å². The Labute approximate surface area is 92.4 Å². The Morgan fingerprint density at radius 2 is 2.38 bits per heavy atom.